The van der Waals surface area contributed by atoms with Crippen molar-refractivity contribution < 1.29 is 19.4 Å². The minimum atomic E-state index is -1.08. The summed E-state index contributed by atoms with van der Waals surface area (Å²) in [6.45, 7) is 10.00. The fraction of sp³-hybridized carbons (Fsp3) is 0.556. The molecule has 0 saturated heterocycles. The molecule has 0 radical (unpaired) electrons. The third-order valence-corrected chi connectivity index (χ3v) is 3.36. The molecule has 1 aromatic rings. The fourth-order valence-electron chi connectivity index (χ4n) is 2.15. The Balaban J connectivity index is 2.76. The van der Waals surface area contributed by atoms with Gasteiger partial charge in [0.1, 0.15) is 11.6 Å². The molecule has 1 unspecified atom stereocenters. The molecule has 6 heteroatoms. The Kier molecular flexibility index (Phi) is 7.22. The van der Waals surface area contributed by atoms with E-state index in [9.17, 15) is 14.7 Å². The van der Waals surface area contributed by atoms with Crippen LogP contribution in [0.25, 0.3) is 0 Å². The molecule has 1 atom stereocenters. The number of carbonyl (C=O) groups excluding carboxylic acids is 1. The fourth-order valence-corrected chi connectivity index (χ4v) is 2.15. The summed E-state index contributed by atoms with van der Waals surface area (Å²) in [5, 5.41) is 11.9. The van der Waals surface area contributed by atoms with Crippen molar-refractivity contribution >= 4 is 12.1 Å². The van der Waals surface area contributed by atoms with Crippen molar-refractivity contribution in [1.82, 2.24) is 10.2 Å². The summed E-state index contributed by atoms with van der Waals surface area (Å²) in [6.07, 6.45) is -0.724. The number of alkyl carbamates (subject to hydrolysis) is 1. The van der Waals surface area contributed by atoms with E-state index < -0.39 is 23.7 Å². The molecule has 6 nitrogen and oxygen atoms in total. The molecular formula is C18H28N2O4. The van der Waals surface area contributed by atoms with Gasteiger partial charge in [0.05, 0.1) is 0 Å². The lowest BCUT2D eigenvalue weighted by atomic mass is 10.1. The smallest absolute Gasteiger partial charge is 0.408 e. The normalized spacial score (nSPS) is 13.0. The number of ether oxygens (including phenoxy) is 1. The summed E-state index contributed by atoms with van der Waals surface area (Å²) in [5.74, 6) is -1.08. The average Bonchev–Trinajstić information content (AvgIpc) is 2.44. The molecule has 134 valence electrons. The van der Waals surface area contributed by atoms with Crippen LogP contribution in [0, 0.1) is 0 Å². The van der Waals surface area contributed by atoms with Crippen LogP contribution in [-0.4, -0.2) is 46.3 Å². The molecule has 0 bridgehead atoms. The Bertz CT molecular complexity index is 538. The number of hydrogen-bond donors (Lipinski definition) is 2. The van der Waals surface area contributed by atoms with Gasteiger partial charge in [-0.1, -0.05) is 30.3 Å². The second kappa shape index (κ2) is 8.68. The van der Waals surface area contributed by atoms with Gasteiger partial charge >= 0.3 is 12.1 Å². The average molecular weight is 336 g/mol. The minimum Gasteiger partial charge on any atom is -0.480 e. The quantitative estimate of drug-likeness (QED) is 0.800. The van der Waals surface area contributed by atoms with Gasteiger partial charge in [-0.25, -0.2) is 9.59 Å². The highest BCUT2D eigenvalue weighted by molar-refractivity contribution is 5.80. The molecule has 1 aromatic carbocycles. The Morgan fingerprint density at radius 1 is 1.21 bits per heavy atom. The van der Waals surface area contributed by atoms with Crippen molar-refractivity contribution in [3.63, 3.8) is 0 Å². The van der Waals surface area contributed by atoms with Gasteiger partial charge in [0.2, 0.25) is 0 Å². The predicted molar refractivity (Wildman–Crippen MR) is 92.8 cm³/mol. The highest BCUT2D eigenvalue weighted by atomic mass is 16.6. The van der Waals surface area contributed by atoms with Crippen molar-refractivity contribution in [2.75, 3.05) is 6.54 Å². The summed E-state index contributed by atoms with van der Waals surface area (Å²) in [5.41, 5.74) is 0.419. The number of carboxylic acids is 1. The van der Waals surface area contributed by atoms with Crippen LogP contribution in [-0.2, 0) is 16.1 Å². The molecular weight excluding hydrogens is 308 g/mol. The zero-order valence-electron chi connectivity index (χ0n) is 15.1. The SMILES string of the molecule is CC(C)N(Cc1ccccc1)CC(NC(=O)OC(C)(C)C)C(=O)O. The van der Waals surface area contributed by atoms with Gasteiger partial charge in [0, 0.05) is 19.1 Å². The lowest BCUT2D eigenvalue weighted by Gasteiger charge is -2.30. The van der Waals surface area contributed by atoms with Crippen molar-refractivity contribution in [2.45, 2.75) is 58.8 Å². The molecule has 1 rings (SSSR count). The van der Waals surface area contributed by atoms with Crippen LogP contribution in [0.15, 0.2) is 30.3 Å². The van der Waals surface area contributed by atoms with Crippen molar-refractivity contribution in [2.24, 2.45) is 0 Å². The number of hydrogen-bond acceptors (Lipinski definition) is 4. The van der Waals surface area contributed by atoms with Crippen LogP contribution in [0.4, 0.5) is 4.79 Å². The molecule has 0 aliphatic rings. The standard InChI is InChI=1S/C18H28N2O4/c1-13(2)20(11-14-9-7-6-8-10-14)12-15(16(21)22)19-17(23)24-18(3,4)5/h6-10,13,15H,11-12H2,1-5H3,(H,19,23)(H,21,22). The second-order valence-electron chi connectivity index (χ2n) is 7.05. The number of rotatable bonds is 7. The maximum Gasteiger partial charge on any atom is 0.408 e. The minimum absolute atomic E-state index is 0.132. The van der Waals surface area contributed by atoms with Crippen molar-refractivity contribution in [3.8, 4) is 0 Å². The first kappa shape index (κ1) is 20.0. The van der Waals surface area contributed by atoms with Crippen LogP contribution in [0.1, 0.15) is 40.2 Å². The van der Waals surface area contributed by atoms with E-state index in [2.05, 4.69) is 5.32 Å². The number of aliphatic carboxylic acids is 1. The Labute approximate surface area is 143 Å². The van der Waals surface area contributed by atoms with Gasteiger partial charge in [-0.15, -0.1) is 0 Å². The first-order valence-corrected chi connectivity index (χ1v) is 8.09. The van der Waals surface area contributed by atoms with E-state index in [0.717, 1.165) is 5.56 Å². The molecule has 0 aromatic heterocycles. The van der Waals surface area contributed by atoms with Gasteiger partial charge < -0.3 is 15.2 Å². The van der Waals surface area contributed by atoms with Gasteiger partial charge in [-0.2, -0.15) is 0 Å². The first-order chi connectivity index (χ1) is 11.1. The van der Waals surface area contributed by atoms with E-state index in [1.54, 1.807) is 20.8 Å². The number of benzene rings is 1. The third-order valence-electron chi connectivity index (χ3n) is 3.36. The van der Waals surface area contributed by atoms with Gasteiger partial charge in [0.15, 0.2) is 0 Å². The summed E-state index contributed by atoms with van der Waals surface area (Å²) in [6, 6.07) is 8.91. The Hall–Kier alpha value is -2.08. The molecule has 0 fully saturated rings. The second-order valence-corrected chi connectivity index (χ2v) is 7.05. The highest BCUT2D eigenvalue weighted by Crippen LogP contribution is 2.10. The van der Waals surface area contributed by atoms with E-state index in [1.165, 1.54) is 0 Å². The molecule has 2 N–H and O–H groups in total. The topological polar surface area (TPSA) is 78.9 Å². The molecule has 0 aliphatic heterocycles. The molecule has 24 heavy (non-hydrogen) atoms. The number of nitrogens with zero attached hydrogens (tertiary/aromatic N) is 1. The first-order valence-electron chi connectivity index (χ1n) is 8.09. The molecule has 1 amide bonds. The van der Waals surface area contributed by atoms with E-state index in [4.69, 9.17) is 4.74 Å². The Morgan fingerprint density at radius 3 is 2.25 bits per heavy atom. The van der Waals surface area contributed by atoms with Gasteiger partial charge in [-0.3, -0.25) is 4.90 Å². The summed E-state index contributed by atoms with van der Waals surface area (Å²) >= 11 is 0. The summed E-state index contributed by atoms with van der Waals surface area (Å²) < 4.78 is 5.15. The van der Waals surface area contributed by atoms with Crippen LogP contribution in [0.3, 0.4) is 0 Å². The lowest BCUT2D eigenvalue weighted by Crippen LogP contribution is -2.50. The summed E-state index contributed by atoms with van der Waals surface area (Å²) in [7, 11) is 0. The van der Waals surface area contributed by atoms with Crippen LogP contribution >= 0.6 is 0 Å². The maximum absolute atomic E-state index is 11.9. The molecule has 0 saturated carbocycles. The number of carboxylic acid groups (broad SMARTS) is 1. The zero-order chi connectivity index (χ0) is 18.3. The van der Waals surface area contributed by atoms with Crippen molar-refractivity contribution in [3.05, 3.63) is 35.9 Å². The maximum atomic E-state index is 11.9. The Morgan fingerprint density at radius 2 is 1.79 bits per heavy atom. The monoisotopic (exact) mass is 336 g/mol. The van der Waals surface area contributed by atoms with Crippen LogP contribution in [0.2, 0.25) is 0 Å². The molecule has 0 heterocycles. The van der Waals surface area contributed by atoms with Gasteiger partial charge in [0.25, 0.3) is 0 Å². The molecule has 0 spiro atoms. The largest absolute Gasteiger partial charge is 0.480 e. The lowest BCUT2D eigenvalue weighted by molar-refractivity contribution is -0.140. The third kappa shape index (κ3) is 7.46. The number of amides is 1. The number of nitrogens with one attached hydrogen (secondary N) is 1. The van der Waals surface area contributed by atoms with E-state index >= 15 is 0 Å². The van der Waals surface area contributed by atoms with Crippen LogP contribution in [0.5, 0.6) is 0 Å². The van der Waals surface area contributed by atoms with E-state index in [-0.39, 0.29) is 12.6 Å². The van der Waals surface area contributed by atoms with Gasteiger partial charge in [-0.05, 0) is 40.2 Å². The summed E-state index contributed by atoms with van der Waals surface area (Å²) in [4.78, 5) is 25.4. The van der Waals surface area contributed by atoms with E-state index in [1.807, 2.05) is 49.1 Å². The zero-order valence-corrected chi connectivity index (χ0v) is 15.1. The van der Waals surface area contributed by atoms with Crippen LogP contribution < -0.4 is 5.32 Å². The number of carbonyl (C=O) groups is 2. The highest BCUT2D eigenvalue weighted by Gasteiger charge is 2.27. The molecule has 0 aliphatic carbocycles. The predicted octanol–water partition coefficient (Wildman–Crippen LogP) is 2.87. The van der Waals surface area contributed by atoms with Crippen molar-refractivity contribution in [1.29, 1.82) is 0 Å². The van der Waals surface area contributed by atoms with E-state index in [0.29, 0.717) is 6.54 Å².